The van der Waals surface area contributed by atoms with Crippen molar-refractivity contribution in [3.8, 4) is 0 Å². The zero-order chi connectivity index (χ0) is 14.1. The quantitative estimate of drug-likeness (QED) is 0.281. The van der Waals surface area contributed by atoms with Crippen LogP contribution in [0.3, 0.4) is 0 Å². The zero-order valence-electron chi connectivity index (χ0n) is 8.29. The zero-order valence-corrected chi connectivity index (χ0v) is 9.92. The highest BCUT2D eigenvalue weighted by Crippen LogP contribution is 2.22. The van der Waals surface area contributed by atoms with E-state index in [-0.39, 0.29) is 0 Å². The Hall–Kier alpha value is -1.94. The van der Waals surface area contributed by atoms with Crippen molar-refractivity contribution in [3.63, 3.8) is 0 Å². The summed E-state index contributed by atoms with van der Waals surface area (Å²) in [5.41, 5.74) is 15.4. The molecule has 96 valence electrons. The highest BCUT2D eigenvalue weighted by molar-refractivity contribution is 7.94. The molecule has 0 spiro atoms. The van der Waals surface area contributed by atoms with Gasteiger partial charge in [0.2, 0.25) is 4.91 Å². The minimum atomic E-state index is -5.16. The third kappa shape index (κ3) is 2.49. The molecule has 18 heavy (non-hydrogen) atoms. The fourth-order valence-corrected chi connectivity index (χ4v) is 3.09. The molecule has 0 saturated heterocycles. The van der Waals surface area contributed by atoms with Crippen LogP contribution in [0.4, 0.5) is 0 Å². The van der Waals surface area contributed by atoms with Crippen LogP contribution in [-0.4, -0.2) is 46.9 Å². The lowest BCUT2D eigenvalue weighted by molar-refractivity contribution is -0.0221. The molecule has 1 aliphatic rings. The van der Waals surface area contributed by atoms with Gasteiger partial charge < -0.3 is 11.1 Å². The largest absolute Gasteiger partial charge is 0.425 e. The van der Waals surface area contributed by atoms with Gasteiger partial charge in [0.15, 0.2) is 0 Å². The fourth-order valence-electron chi connectivity index (χ4n) is 1.17. The second-order valence-electron chi connectivity index (χ2n) is 2.91. The van der Waals surface area contributed by atoms with Crippen LogP contribution in [0.5, 0.6) is 0 Å². The summed E-state index contributed by atoms with van der Waals surface area (Å²) in [5.74, 6) is 0. The van der Waals surface area contributed by atoms with E-state index in [0.717, 1.165) is 6.08 Å². The Labute approximate surface area is 101 Å². The minimum Gasteiger partial charge on any atom is -0.360 e. The van der Waals surface area contributed by atoms with Gasteiger partial charge >= 0.3 is 21.5 Å². The Balaban J connectivity index is 3.96. The molecule has 12 heteroatoms. The maximum atomic E-state index is 11.0. The van der Waals surface area contributed by atoms with E-state index in [4.69, 9.17) is 20.2 Å². The number of hydrogen-bond acceptors (Lipinski definition) is 4. The summed E-state index contributed by atoms with van der Waals surface area (Å²) in [4.78, 5) is 2.33. The molecule has 10 nitrogen and oxygen atoms in total. The first kappa shape index (κ1) is 14.1. The Morgan fingerprint density at radius 2 is 1.50 bits per heavy atom. The van der Waals surface area contributed by atoms with E-state index in [0.29, 0.717) is 6.08 Å². The first-order valence-corrected chi connectivity index (χ1v) is 6.83. The second kappa shape index (κ2) is 4.38. The summed E-state index contributed by atoms with van der Waals surface area (Å²) in [6, 6.07) is 0. The van der Waals surface area contributed by atoms with E-state index < -0.39 is 41.5 Å². The average molecular weight is 292 g/mol. The molecule has 0 heterocycles. The minimum absolute atomic E-state index is 0.558. The van der Waals surface area contributed by atoms with Gasteiger partial charge in [0.25, 0.3) is 10.1 Å². The van der Waals surface area contributed by atoms with Gasteiger partial charge in [-0.2, -0.15) is 26.4 Å². The standard InChI is InChI=1S/C6H4N4O6S2/c7-9-3-1-2-4(17(11,12)13)6(5(3)10-8)18(14,15)16/h1-2H,(H,11,12,13)(H,14,15,16). The Morgan fingerprint density at radius 1 is 0.944 bits per heavy atom. The molecule has 2 N–H and O–H groups in total. The molecule has 0 aromatic heterocycles. The van der Waals surface area contributed by atoms with Crippen molar-refractivity contribution in [3.05, 3.63) is 33.0 Å². The molecule has 0 bridgehead atoms. The van der Waals surface area contributed by atoms with Crippen LogP contribution in [0.25, 0.3) is 11.1 Å². The van der Waals surface area contributed by atoms with E-state index in [1.807, 2.05) is 0 Å². The third-order valence-electron chi connectivity index (χ3n) is 1.82. The molecule has 0 radical (unpaired) electrons. The summed E-state index contributed by atoms with van der Waals surface area (Å²) in [7, 11) is -10.2. The molecule has 1 aliphatic carbocycles. The van der Waals surface area contributed by atoms with E-state index in [2.05, 4.69) is 9.58 Å². The summed E-state index contributed by atoms with van der Waals surface area (Å²) >= 11 is 0. The number of nitrogens with zero attached hydrogens (tertiary/aromatic N) is 4. The van der Waals surface area contributed by atoms with Crippen LogP contribution in [0.2, 0.25) is 0 Å². The lowest BCUT2D eigenvalue weighted by atomic mass is 10.1. The summed E-state index contributed by atoms with van der Waals surface area (Å²) < 4.78 is 61.6. The Morgan fingerprint density at radius 3 is 1.83 bits per heavy atom. The monoisotopic (exact) mass is 292 g/mol. The van der Waals surface area contributed by atoms with Crippen molar-refractivity contribution < 1.29 is 35.5 Å². The van der Waals surface area contributed by atoms with E-state index in [9.17, 15) is 16.8 Å². The molecule has 0 aromatic rings. The molecule has 0 atom stereocenters. The first-order chi connectivity index (χ1) is 8.12. The molecule has 0 aliphatic heterocycles. The van der Waals surface area contributed by atoms with E-state index in [1.54, 1.807) is 0 Å². The van der Waals surface area contributed by atoms with Gasteiger partial charge in [-0.15, -0.1) is 0 Å². The SMILES string of the molecule is [N-]=[N+]=C1C=CC(S(=O)(=O)O)=C(S(=O)(=O)O)C1=[N+]=[N-]. The predicted octanol–water partition coefficient (Wildman–Crippen LogP) is -1.11. The molecule has 0 saturated carbocycles. The van der Waals surface area contributed by atoms with Crippen molar-refractivity contribution in [1.82, 2.24) is 0 Å². The average Bonchev–Trinajstić information content (AvgIpc) is 2.24. The summed E-state index contributed by atoms with van der Waals surface area (Å²) in [6.45, 7) is 0. The lowest BCUT2D eigenvalue weighted by Crippen LogP contribution is -2.28. The predicted molar refractivity (Wildman–Crippen MR) is 56.5 cm³/mol. The number of rotatable bonds is 2. The van der Waals surface area contributed by atoms with Crippen LogP contribution in [-0.2, 0) is 20.2 Å². The van der Waals surface area contributed by atoms with Gasteiger partial charge in [-0.05, 0) is 6.08 Å². The molecule has 0 amide bonds. The van der Waals surface area contributed by atoms with Crippen molar-refractivity contribution in [1.29, 1.82) is 0 Å². The van der Waals surface area contributed by atoms with Crippen LogP contribution < -0.4 is 0 Å². The maximum Gasteiger partial charge on any atom is 0.425 e. The molecular formula is C6H4N4O6S2. The van der Waals surface area contributed by atoms with Gasteiger partial charge in [0.1, 0.15) is 4.91 Å². The number of hydrogen-bond donors (Lipinski definition) is 2. The van der Waals surface area contributed by atoms with Crippen LogP contribution >= 0.6 is 0 Å². The maximum absolute atomic E-state index is 11.0. The topological polar surface area (TPSA) is 182 Å². The number of allylic oxidation sites excluding steroid dienone is 3. The molecule has 0 unspecified atom stereocenters. The van der Waals surface area contributed by atoms with Crippen molar-refractivity contribution >= 4 is 31.7 Å². The molecule has 1 rings (SSSR count). The fraction of sp³-hybridized carbons (Fsp3) is 0. The van der Waals surface area contributed by atoms with Gasteiger partial charge in [-0.25, -0.2) is 0 Å². The highest BCUT2D eigenvalue weighted by Gasteiger charge is 2.44. The van der Waals surface area contributed by atoms with E-state index >= 15 is 0 Å². The van der Waals surface area contributed by atoms with Crippen LogP contribution in [0.15, 0.2) is 22.0 Å². The van der Waals surface area contributed by atoms with Gasteiger partial charge in [0.05, 0.1) is 0 Å². The normalized spacial score (nSPS) is 16.6. The van der Waals surface area contributed by atoms with E-state index in [1.165, 1.54) is 0 Å². The van der Waals surface area contributed by atoms with Crippen molar-refractivity contribution in [2.24, 2.45) is 0 Å². The van der Waals surface area contributed by atoms with Gasteiger partial charge in [-0.1, -0.05) is 0 Å². The summed E-state index contributed by atoms with van der Waals surface area (Å²) in [5, 5.41) is 0. The smallest absolute Gasteiger partial charge is 0.360 e. The van der Waals surface area contributed by atoms with Crippen molar-refractivity contribution in [2.45, 2.75) is 0 Å². The molecular weight excluding hydrogens is 288 g/mol. The lowest BCUT2D eigenvalue weighted by Gasteiger charge is -2.05. The highest BCUT2D eigenvalue weighted by atomic mass is 32.2. The second-order valence-corrected chi connectivity index (χ2v) is 5.66. The Bertz CT molecular complexity index is 774. The van der Waals surface area contributed by atoms with Gasteiger partial charge in [-0.3, -0.25) is 9.11 Å². The molecule has 0 fully saturated rings. The summed E-state index contributed by atoms with van der Waals surface area (Å²) in [6.07, 6.45) is 1.31. The van der Waals surface area contributed by atoms with Crippen molar-refractivity contribution in [2.75, 3.05) is 0 Å². The molecule has 0 aromatic carbocycles. The van der Waals surface area contributed by atoms with Crippen LogP contribution in [0.1, 0.15) is 0 Å². The third-order valence-corrected chi connectivity index (χ3v) is 3.77. The van der Waals surface area contributed by atoms with Gasteiger partial charge in [0, 0.05) is 6.08 Å². The van der Waals surface area contributed by atoms with Crippen LogP contribution in [0, 0.1) is 0 Å². The first-order valence-electron chi connectivity index (χ1n) is 3.95. The Kier molecular flexibility index (Phi) is 3.44.